The molecule has 0 radical (unpaired) electrons. The minimum atomic E-state index is -3.11. The number of morpholine rings is 1. The van der Waals surface area contributed by atoms with E-state index in [0.29, 0.717) is 13.1 Å². The Bertz CT molecular complexity index is 276. The minimum Gasteiger partial charge on any atom is -0.373 e. The van der Waals surface area contributed by atoms with Gasteiger partial charge in [-0.25, -0.2) is 8.42 Å². The first kappa shape index (κ1) is 11.9. The van der Waals surface area contributed by atoms with Gasteiger partial charge in [0, 0.05) is 13.1 Å². The molecule has 1 heterocycles. The first-order chi connectivity index (χ1) is 6.34. The molecule has 2 atom stereocenters. The highest BCUT2D eigenvalue weighted by molar-refractivity contribution is 7.89. The van der Waals surface area contributed by atoms with Crippen molar-refractivity contribution in [3.63, 3.8) is 0 Å². The molecule has 1 saturated heterocycles. The van der Waals surface area contributed by atoms with E-state index in [1.54, 1.807) is 13.8 Å². The van der Waals surface area contributed by atoms with Gasteiger partial charge in [-0.3, -0.25) is 0 Å². The first-order valence-electron chi connectivity index (χ1n) is 4.98. The lowest BCUT2D eigenvalue weighted by molar-refractivity contribution is -0.0442. The number of sulfonamides is 1. The molecule has 5 heteroatoms. The molecule has 0 aliphatic carbocycles. The standard InChI is InChI=1S/C9H19NO3S/c1-7(2)14(11,12)10-5-8(3)13-9(4)6-10/h7-9H,5-6H2,1-4H3. The van der Waals surface area contributed by atoms with Crippen LogP contribution in [0.5, 0.6) is 0 Å². The zero-order chi connectivity index (χ0) is 10.9. The molecule has 1 rings (SSSR count). The lowest BCUT2D eigenvalue weighted by Crippen LogP contribution is -2.50. The van der Waals surface area contributed by atoms with E-state index >= 15 is 0 Å². The van der Waals surface area contributed by atoms with E-state index in [4.69, 9.17) is 4.74 Å². The van der Waals surface area contributed by atoms with Crippen molar-refractivity contribution in [2.75, 3.05) is 13.1 Å². The molecule has 0 bridgehead atoms. The van der Waals surface area contributed by atoms with Crippen molar-refractivity contribution in [3.8, 4) is 0 Å². The van der Waals surface area contributed by atoms with Crippen LogP contribution in [-0.4, -0.2) is 43.3 Å². The van der Waals surface area contributed by atoms with Gasteiger partial charge in [0.05, 0.1) is 17.5 Å². The Hall–Kier alpha value is -0.130. The predicted molar refractivity (Wildman–Crippen MR) is 55.6 cm³/mol. The monoisotopic (exact) mass is 221 g/mol. The number of rotatable bonds is 2. The summed E-state index contributed by atoms with van der Waals surface area (Å²) in [5.74, 6) is 0. The van der Waals surface area contributed by atoms with Crippen molar-refractivity contribution in [2.45, 2.75) is 45.2 Å². The molecule has 4 nitrogen and oxygen atoms in total. The second kappa shape index (κ2) is 4.16. The van der Waals surface area contributed by atoms with E-state index in [-0.39, 0.29) is 17.5 Å². The van der Waals surface area contributed by atoms with E-state index in [9.17, 15) is 8.42 Å². The van der Waals surface area contributed by atoms with Gasteiger partial charge in [-0.1, -0.05) is 0 Å². The average Bonchev–Trinajstić information content (AvgIpc) is 2.01. The molecule has 0 saturated carbocycles. The number of nitrogens with zero attached hydrogens (tertiary/aromatic N) is 1. The van der Waals surface area contributed by atoms with Crippen molar-refractivity contribution in [1.82, 2.24) is 4.31 Å². The Balaban J connectivity index is 2.78. The molecule has 0 aromatic carbocycles. The molecule has 14 heavy (non-hydrogen) atoms. The lowest BCUT2D eigenvalue weighted by Gasteiger charge is -2.35. The van der Waals surface area contributed by atoms with Gasteiger partial charge < -0.3 is 4.74 Å². The van der Waals surface area contributed by atoms with Crippen LogP contribution in [0.25, 0.3) is 0 Å². The summed E-state index contributed by atoms with van der Waals surface area (Å²) in [4.78, 5) is 0. The third-order valence-corrected chi connectivity index (χ3v) is 4.55. The van der Waals surface area contributed by atoms with E-state index in [1.165, 1.54) is 4.31 Å². The SMILES string of the molecule is CC1CN(S(=O)(=O)C(C)C)CC(C)O1. The Kier molecular flexibility index (Phi) is 3.55. The van der Waals surface area contributed by atoms with Crippen molar-refractivity contribution in [2.24, 2.45) is 0 Å². The van der Waals surface area contributed by atoms with Crippen LogP contribution < -0.4 is 0 Å². The molecule has 0 spiro atoms. The Labute approximate surface area is 86.3 Å². The second-order valence-electron chi connectivity index (χ2n) is 4.17. The van der Waals surface area contributed by atoms with Crippen molar-refractivity contribution < 1.29 is 13.2 Å². The highest BCUT2D eigenvalue weighted by Crippen LogP contribution is 2.17. The first-order valence-corrected chi connectivity index (χ1v) is 6.48. The normalized spacial score (nSPS) is 30.9. The van der Waals surface area contributed by atoms with E-state index < -0.39 is 10.0 Å². The van der Waals surface area contributed by atoms with E-state index in [2.05, 4.69) is 0 Å². The second-order valence-corrected chi connectivity index (χ2v) is 6.66. The van der Waals surface area contributed by atoms with Crippen molar-refractivity contribution >= 4 is 10.0 Å². The number of hydrogen-bond acceptors (Lipinski definition) is 3. The van der Waals surface area contributed by atoms with Crippen molar-refractivity contribution in [1.29, 1.82) is 0 Å². The largest absolute Gasteiger partial charge is 0.373 e. The quantitative estimate of drug-likeness (QED) is 0.694. The minimum absolute atomic E-state index is 0.00715. The summed E-state index contributed by atoms with van der Waals surface area (Å²) in [7, 11) is -3.11. The van der Waals surface area contributed by atoms with Crippen molar-refractivity contribution in [3.05, 3.63) is 0 Å². The van der Waals surface area contributed by atoms with Crippen LogP contribution in [0.1, 0.15) is 27.7 Å². The summed E-state index contributed by atoms with van der Waals surface area (Å²) in [6, 6.07) is 0. The maximum atomic E-state index is 11.8. The van der Waals surface area contributed by atoms with Gasteiger partial charge in [-0.2, -0.15) is 4.31 Å². The fourth-order valence-electron chi connectivity index (χ4n) is 1.64. The molecule has 1 aliphatic rings. The zero-order valence-electron chi connectivity index (χ0n) is 9.23. The predicted octanol–water partition coefficient (Wildman–Crippen LogP) is 0.834. The summed E-state index contributed by atoms with van der Waals surface area (Å²) in [5.41, 5.74) is 0. The van der Waals surface area contributed by atoms with Gasteiger partial charge in [-0.05, 0) is 27.7 Å². The third kappa shape index (κ3) is 2.46. The molecule has 0 aromatic heterocycles. The Morgan fingerprint density at radius 3 is 2.00 bits per heavy atom. The molecular weight excluding hydrogens is 202 g/mol. The van der Waals surface area contributed by atoms with Crippen LogP contribution in [0.4, 0.5) is 0 Å². The highest BCUT2D eigenvalue weighted by atomic mass is 32.2. The van der Waals surface area contributed by atoms with Gasteiger partial charge in [0.15, 0.2) is 0 Å². The summed E-state index contributed by atoms with van der Waals surface area (Å²) in [6.45, 7) is 8.17. The van der Waals surface area contributed by atoms with E-state index in [1.807, 2.05) is 13.8 Å². The lowest BCUT2D eigenvalue weighted by atomic mass is 10.3. The average molecular weight is 221 g/mol. The Morgan fingerprint density at radius 2 is 1.64 bits per heavy atom. The maximum Gasteiger partial charge on any atom is 0.216 e. The molecule has 84 valence electrons. The fourth-order valence-corrected chi connectivity index (χ4v) is 3.07. The summed E-state index contributed by atoms with van der Waals surface area (Å²) in [5, 5.41) is -0.347. The van der Waals surface area contributed by atoms with Gasteiger partial charge in [-0.15, -0.1) is 0 Å². The number of ether oxygens (including phenoxy) is 1. The van der Waals surface area contributed by atoms with Crippen LogP contribution in [0.3, 0.4) is 0 Å². The third-order valence-electron chi connectivity index (χ3n) is 2.34. The van der Waals surface area contributed by atoms with Gasteiger partial charge in [0.2, 0.25) is 10.0 Å². The van der Waals surface area contributed by atoms with Crippen LogP contribution in [0.15, 0.2) is 0 Å². The van der Waals surface area contributed by atoms with Gasteiger partial charge in [0.25, 0.3) is 0 Å². The van der Waals surface area contributed by atoms with Crippen LogP contribution in [0.2, 0.25) is 0 Å². The smallest absolute Gasteiger partial charge is 0.216 e. The topological polar surface area (TPSA) is 46.6 Å². The van der Waals surface area contributed by atoms with Gasteiger partial charge in [0.1, 0.15) is 0 Å². The molecule has 1 aliphatic heterocycles. The summed E-state index contributed by atoms with van der Waals surface area (Å²) < 4.78 is 30.7. The molecular formula is C9H19NO3S. The molecule has 1 fully saturated rings. The summed E-state index contributed by atoms with van der Waals surface area (Å²) >= 11 is 0. The van der Waals surface area contributed by atoms with Gasteiger partial charge >= 0.3 is 0 Å². The molecule has 0 amide bonds. The molecule has 2 unspecified atom stereocenters. The molecule has 0 N–H and O–H groups in total. The van der Waals surface area contributed by atoms with E-state index in [0.717, 1.165) is 0 Å². The van der Waals surface area contributed by atoms with Crippen LogP contribution >= 0.6 is 0 Å². The Morgan fingerprint density at radius 1 is 1.21 bits per heavy atom. The fraction of sp³-hybridized carbons (Fsp3) is 1.00. The number of hydrogen-bond donors (Lipinski definition) is 0. The summed E-state index contributed by atoms with van der Waals surface area (Å²) in [6.07, 6.45) is -0.0143. The van der Waals surface area contributed by atoms with Crippen LogP contribution in [-0.2, 0) is 14.8 Å². The zero-order valence-corrected chi connectivity index (χ0v) is 10.0. The highest BCUT2D eigenvalue weighted by Gasteiger charge is 2.32. The van der Waals surface area contributed by atoms with Crippen LogP contribution in [0, 0.1) is 0 Å². The molecule has 0 aromatic rings. The maximum absolute atomic E-state index is 11.8.